The number of allylic oxidation sites excluding steroid dienone is 1. The van der Waals surface area contributed by atoms with Gasteiger partial charge in [-0.15, -0.1) is 0 Å². The summed E-state index contributed by atoms with van der Waals surface area (Å²) in [7, 11) is 0. The van der Waals surface area contributed by atoms with Gasteiger partial charge >= 0.3 is 6.09 Å². The molecule has 2 atom stereocenters. The molecule has 0 aliphatic heterocycles. The molecule has 3 amide bonds. The first kappa shape index (κ1) is 28.9. The minimum Gasteiger partial charge on any atom is -0.491 e. The average Bonchev–Trinajstić information content (AvgIpc) is 2.97. The first-order valence-corrected chi connectivity index (χ1v) is 12.2. The van der Waals surface area contributed by atoms with Gasteiger partial charge in [0.2, 0.25) is 0 Å². The standard InChI is InChI=1S/C29H30N2O8/c32-18-19-37-24-15-9-12-22(20-24)27(39-29(35)30-28(34)21-10-3-1-4-11-21)25(16-7-8-17-26(33)31-36)38-23-13-5-2-6-14-23/h1-6,8-15,17,20,25,27,32,36H,7,16,18-19H2,(H,31,33)(H,30,34,35)/b17-8+/t25-,27-/m1/s1. The molecular formula is C29H30N2O8. The van der Waals surface area contributed by atoms with Gasteiger partial charge in [0.15, 0.2) is 6.10 Å². The van der Waals surface area contributed by atoms with Crippen molar-refractivity contribution in [1.82, 2.24) is 10.8 Å². The lowest BCUT2D eigenvalue weighted by Crippen LogP contribution is -2.36. The van der Waals surface area contributed by atoms with Crippen LogP contribution in [0.5, 0.6) is 11.5 Å². The van der Waals surface area contributed by atoms with E-state index in [1.807, 2.05) is 6.07 Å². The fourth-order valence-electron chi connectivity index (χ4n) is 3.64. The van der Waals surface area contributed by atoms with Gasteiger partial charge in [-0.1, -0.05) is 54.6 Å². The van der Waals surface area contributed by atoms with Crippen molar-refractivity contribution < 1.29 is 38.9 Å². The van der Waals surface area contributed by atoms with E-state index in [0.717, 1.165) is 0 Å². The lowest BCUT2D eigenvalue weighted by Gasteiger charge is -2.28. The number of para-hydroxylation sites is 1. The van der Waals surface area contributed by atoms with Gasteiger partial charge in [-0.05, 0) is 54.8 Å². The molecule has 10 nitrogen and oxygen atoms in total. The molecule has 3 rings (SSSR count). The van der Waals surface area contributed by atoms with Crippen LogP contribution in [-0.2, 0) is 9.53 Å². The Balaban J connectivity index is 1.90. The molecule has 0 saturated heterocycles. The highest BCUT2D eigenvalue weighted by Crippen LogP contribution is 2.31. The first-order valence-electron chi connectivity index (χ1n) is 12.2. The number of imide groups is 1. The Morgan fingerprint density at radius 1 is 0.897 bits per heavy atom. The Labute approximate surface area is 225 Å². The van der Waals surface area contributed by atoms with Crippen molar-refractivity contribution in [3.05, 3.63) is 108 Å². The number of hydrogen-bond donors (Lipinski definition) is 4. The van der Waals surface area contributed by atoms with E-state index in [1.165, 1.54) is 11.6 Å². The minimum absolute atomic E-state index is 0.0721. The molecule has 39 heavy (non-hydrogen) atoms. The Kier molecular flexibility index (Phi) is 11.5. The fourth-order valence-corrected chi connectivity index (χ4v) is 3.64. The normalized spacial score (nSPS) is 12.3. The van der Waals surface area contributed by atoms with Crippen LogP contribution >= 0.6 is 0 Å². The van der Waals surface area contributed by atoms with Gasteiger partial charge in [-0.3, -0.25) is 20.1 Å². The molecule has 0 radical (unpaired) electrons. The van der Waals surface area contributed by atoms with Gasteiger partial charge in [-0.2, -0.15) is 0 Å². The molecule has 3 aromatic rings. The van der Waals surface area contributed by atoms with Gasteiger partial charge < -0.3 is 19.3 Å². The predicted molar refractivity (Wildman–Crippen MR) is 141 cm³/mol. The van der Waals surface area contributed by atoms with Crippen molar-refractivity contribution in [2.45, 2.75) is 25.0 Å². The number of aliphatic hydroxyl groups is 1. The van der Waals surface area contributed by atoms with E-state index in [0.29, 0.717) is 23.5 Å². The lowest BCUT2D eigenvalue weighted by atomic mass is 9.99. The molecule has 0 aromatic heterocycles. The average molecular weight is 535 g/mol. The maximum Gasteiger partial charge on any atom is 0.414 e. The van der Waals surface area contributed by atoms with E-state index in [1.54, 1.807) is 84.9 Å². The maximum absolute atomic E-state index is 12.9. The Bertz CT molecular complexity index is 1230. The number of ether oxygens (including phenoxy) is 3. The van der Waals surface area contributed by atoms with Gasteiger partial charge in [0, 0.05) is 11.6 Å². The Morgan fingerprint density at radius 2 is 1.59 bits per heavy atom. The molecule has 0 bridgehead atoms. The fraction of sp³-hybridized carbons (Fsp3) is 0.207. The summed E-state index contributed by atoms with van der Waals surface area (Å²) in [4.78, 5) is 36.8. The number of rotatable bonds is 13. The van der Waals surface area contributed by atoms with Crippen LogP contribution in [-0.4, -0.2) is 47.5 Å². The highest BCUT2D eigenvalue weighted by atomic mass is 16.6. The van der Waals surface area contributed by atoms with Gasteiger partial charge in [0.1, 0.15) is 24.2 Å². The van der Waals surface area contributed by atoms with Crippen LogP contribution in [0.15, 0.2) is 97.1 Å². The Morgan fingerprint density at radius 3 is 2.28 bits per heavy atom. The molecule has 204 valence electrons. The molecule has 0 unspecified atom stereocenters. The summed E-state index contributed by atoms with van der Waals surface area (Å²) in [6, 6.07) is 23.9. The molecule has 0 fully saturated rings. The summed E-state index contributed by atoms with van der Waals surface area (Å²) in [5.41, 5.74) is 2.33. The molecular weight excluding hydrogens is 504 g/mol. The minimum atomic E-state index is -1.01. The third-order valence-corrected chi connectivity index (χ3v) is 5.40. The number of hydrogen-bond acceptors (Lipinski definition) is 8. The summed E-state index contributed by atoms with van der Waals surface area (Å²) >= 11 is 0. The Hall–Kier alpha value is -4.67. The van der Waals surface area contributed by atoms with E-state index in [9.17, 15) is 14.4 Å². The number of nitrogens with one attached hydrogen (secondary N) is 2. The van der Waals surface area contributed by atoms with Crippen molar-refractivity contribution in [2.75, 3.05) is 13.2 Å². The van der Waals surface area contributed by atoms with E-state index in [2.05, 4.69) is 5.32 Å². The molecule has 0 aliphatic carbocycles. The molecule has 0 spiro atoms. The summed E-state index contributed by atoms with van der Waals surface area (Å²) < 4.78 is 17.5. The molecule has 0 heterocycles. The second-order valence-electron chi connectivity index (χ2n) is 8.22. The third-order valence-electron chi connectivity index (χ3n) is 5.40. The second kappa shape index (κ2) is 15.6. The van der Waals surface area contributed by atoms with Gasteiger partial charge in [0.05, 0.1) is 6.61 Å². The largest absolute Gasteiger partial charge is 0.491 e. The van der Waals surface area contributed by atoms with Crippen LogP contribution in [0.3, 0.4) is 0 Å². The monoisotopic (exact) mass is 534 g/mol. The zero-order valence-electron chi connectivity index (χ0n) is 21.1. The highest BCUT2D eigenvalue weighted by Gasteiger charge is 2.30. The quantitative estimate of drug-likeness (QED) is 0.147. The number of benzene rings is 3. The van der Waals surface area contributed by atoms with Gasteiger partial charge in [-0.25, -0.2) is 10.3 Å². The maximum atomic E-state index is 12.9. The van der Waals surface area contributed by atoms with E-state index in [4.69, 9.17) is 24.5 Å². The van der Waals surface area contributed by atoms with Crippen molar-refractivity contribution in [1.29, 1.82) is 0 Å². The number of aliphatic hydroxyl groups excluding tert-OH is 1. The molecule has 4 N–H and O–H groups in total. The van der Waals surface area contributed by atoms with Crippen LogP contribution in [0.1, 0.15) is 34.9 Å². The topological polar surface area (TPSA) is 143 Å². The lowest BCUT2D eigenvalue weighted by molar-refractivity contribution is -0.124. The van der Waals surface area contributed by atoms with Crippen molar-refractivity contribution >= 4 is 17.9 Å². The zero-order valence-corrected chi connectivity index (χ0v) is 21.1. The number of carbonyl (C=O) groups is 3. The second-order valence-corrected chi connectivity index (χ2v) is 8.22. The van der Waals surface area contributed by atoms with Crippen LogP contribution in [0.25, 0.3) is 0 Å². The molecule has 10 heteroatoms. The third kappa shape index (κ3) is 9.62. The van der Waals surface area contributed by atoms with E-state index in [-0.39, 0.29) is 25.2 Å². The van der Waals surface area contributed by atoms with Crippen molar-refractivity contribution in [2.24, 2.45) is 0 Å². The zero-order chi connectivity index (χ0) is 27.9. The number of amides is 3. The molecule has 0 aliphatic rings. The SMILES string of the molecule is O=C(/C=C/CC[C@@H](Oc1ccccc1)[C@H](OC(=O)NC(=O)c1ccccc1)c1cccc(OCCO)c1)NO. The molecule has 0 saturated carbocycles. The van der Waals surface area contributed by atoms with Gasteiger partial charge in [0.25, 0.3) is 11.8 Å². The van der Waals surface area contributed by atoms with Crippen molar-refractivity contribution in [3.63, 3.8) is 0 Å². The summed E-state index contributed by atoms with van der Waals surface area (Å²) in [6.45, 7) is -0.107. The van der Waals surface area contributed by atoms with Crippen LogP contribution < -0.4 is 20.3 Å². The van der Waals surface area contributed by atoms with E-state index >= 15 is 0 Å². The summed E-state index contributed by atoms with van der Waals surface area (Å²) in [6.07, 6.45) is 0.582. The van der Waals surface area contributed by atoms with Crippen LogP contribution in [0.4, 0.5) is 4.79 Å². The summed E-state index contributed by atoms with van der Waals surface area (Å²) in [5.74, 6) is -0.357. The van der Waals surface area contributed by atoms with E-state index < -0.39 is 30.1 Å². The number of alkyl carbamates (subject to hydrolysis) is 1. The number of hydroxylamine groups is 1. The van der Waals surface area contributed by atoms with Crippen molar-refractivity contribution in [3.8, 4) is 11.5 Å². The predicted octanol–water partition coefficient (Wildman–Crippen LogP) is 3.95. The summed E-state index contributed by atoms with van der Waals surface area (Å²) in [5, 5.41) is 20.1. The van der Waals surface area contributed by atoms with Crippen LogP contribution in [0, 0.1) is 0 Å². The first-order chi connectivity index (χ1) is 19.0. The molecule has 3 aromatic carbocycles. The smallest absolute Gasteiger partial charge is 0.414 e. The number of carbonyl (C=O) groups excluding carboxylic acids is 3. The highest BCUT2D eigenvalue weighted by molar-refractivity contribution is 6.02. The van der Waals surface area contributed by atoms with Crippen LogP contribution in [0.2, 0.25) is 0 Å².